The molecule has 1 N–H and O–H groups in total. The van der Waals surface area contributed by atoms with Crippen molar-refractivity contribution in [2.45, 2.75) is 46.8 Å². The number of hydrogen-bond donors (Lipinski definition) is 1. The molecule has 1 rings (SSSR count). The van der Waals surface area contributed by atoms with E-state index in [4.69, 9.17) is 4.74 Å². The summed E-state index contributed by atoms with van der Waals surface area (Å²) in [5, 5.41) is 14.1. The highest BCUT2D eigenvalue weighted by Gasteiger charge is 2.14. The summed E-state index contributed by atoms with van der Waals surface area (Å²) in [6.45, 7) is 9.46. The molecular weight excluding hydrogens is 256 g/mol. The molecule has 0 heterocycles. The maximum absolute atomic E-state index is 11.0. The van der Waals surface area contributed by atoms with Crippen LogP contribution in [0.4, 0.5) is 11.4 Å². The van der Waals surface area contributed by atoms with E-state index in [0.29, 0.717) is 24.8 Å². The van der Waals surface area contributed by atoms with Gasteiger partial charge in [-0.05, 0) is 37.0 Å². The standard InChI is InChI=1S/C15H24N2O3/c1-5-8-16-14-9-13(6-7-15(14)17(18)19)10-20-12(4)11(2)3/h6-7,9,11-12,16H,5,8,10H2,1-4H3. The van der Waals surface area contributed by atoms with Crippen molar-refractivity contribution in [2.24, 2.45) is 5.92 Å². The Morgan fingerprint density at radius 3 is 2.60 bits per heavy atom. The average Bonchev–Trinajstić information content (AvgIpc) is 2.42. The van der Waals surface area contributed by atoms with E-state index in [0.717, 1.165) is 12.0 Å². The van der Waals surface area contributed by atoms with Crippen molar-refractivity contribution in [3.8, 4) is 0 Å². The first-order chi connectivity index (χ1) is 9.45. The van der Waals surface area contributed by atoms with Gasteiger partial charge in [0.1, 0.15) is 5.69 Å². The predicted octanol–water partition coefficient (Wildman–Crippen LogP) is 3.98. The molecule has 5 heteroatoms. The second-order valence-electron chi connectivity index (χ2n) is 5.30. The molecule has 0 saturated carbocycles. The fourth-order valence-electron chi connectivity index (χ4n) is 1.65. The number of nitrogens with one attached hydrogen (secondary N) is 1. The molecular formula is C15H24N2O3. The zero-order valence-corrected chi connectivity index (χ0v) is 12.7. The minimum Gasteiger partial charge on any atom is -0.379 e. The van der Waals surface area contributed by atoms with Gasteiger partial charge >= 0.3 is 0 Å². The van der Waals surface area contributed by atoms with Gasteiger partial charge in [0.2, 0.25) is 0 Å². The van der Waals surface area contributed by atoms with Gasteiger partial charge in [0.15, 0.2) is 0 Å². The fraction of sp³-hybridized carbons (Fsp3) is 0.600. The Bertz CT molecular complexity index is 447. The lowest BCUT2D eigenvalue weighted by molar-refractivity contribution is -0.384. The van der Waals surface area contributed by atoms with Crippen molar-refractivity contribution in [1.29, 1.82) is 0 Å². The minimum atomic E-state index is -0.362. The normalized spacial score (nSPS) is 12.4. The topological polar surface area (TPSA) is 64.4 Å². The lowest BCUT2D eigenvalue weighted by atomic mass is 10.1. The number of nitrogens with zero attached hydrogens (tertiary/aromatic N) is 1. The van der Waals surface area contributed by atoms with Crippen LogP contribution in [-0.2, 0) is 11.3 Å². The van der Waals surface area contributed by atoms with Crippen molar-refractivity contribution in [2.75, 3.05) is 11.9 Å². The van der Waals surface area contributed by atoms with Crippen LogP contribution >= 0.6 is 0 Å². The molecule has 0 spiro atoms. The van der Waals surface area contributed by atoms with Crippen LogP contribution in [0.5, 0.6) is 0 Å². The van der Waals surface area contributed by atoms with Gasteiger partial charge in [-0.15, -0.1) is 0 Å². The molecule has 0 amide bonds. The van der Waals surface area contributed by atoms with Crippen LogP contribution in [0.25, 0.3) is 0 Å². The summed E-state index contributed by atoms with van der Waals surface area (Å²) in [5.41, 5.74) is 1.62. The van der Waals surface area contributed by atoms with Crippen molar-refractivity contribution in [3.05, 3.63) is 33.9 Å². The molecule has 0 bridgehead atoms. The van der Waals surface area contributed by atoms with Gasteiger partial charge in [-0.3, -0.25) is 10.1 Å². The molecule has 5 nitrogen and oxygen atoms in total. The molecule has 1 atom stereocenters. The summed E-state index contributed by atoms with van der Waals surface area (Å²) in [5.74, 6) is 0.450. The van der Waals surface area contributed by atoms with Gasteiger partial charge in [-0.1, -0.05) is 20.8 Å². The molecule has 1 unspecified atom stereocenters. The maximum Gasteiger partial charge on any atom is 0.292 e. The summed E-state index contributed by atoms with van der Waals surface area (Å²) in [7, 11) is 0. The average molecular weight is 280 g/mol. The highest BCUT2D eigenvalue weighted by atomic mass is 16.6. The SMILES string of the molecule is CCCNc1cc(COC(C)C(C)C)ccc1[N+](=O)[O-]. The number of nitro benzene ring substituents is 1. The first-order valence-corrected chi connectivity index (χ1v) is 7.08. The van der Waals surface area contributed by atoms with E-state index >= 15 is 0 Å². The molecule has 0 aromatic heterocycles. The summed E-state index contributed by atoms with van der Waals surface area (Å²) >= 11 is 0. The van der Waals surface area contributed by atoms with Gasteiger partial charge in [-0.2, -0.15) is 0 Å². The van der Waals surface area contributed by atoms with Crippen LogP contribution in [0, 0.1) is 16.0 Å². The van der Waals surface area contributed by atoms with Crippen molar-refractivity contribution < 1.29 is 9.66 Å². The van der Waals surface area contributed by atoms with Gasteiger partial charge < -0.3 is 10.1 Å². The molecule has 0 saturated heterocycles. The smallest absolute Gasteiger partial charge is 0.292 e. The van der Waals surface area contributed by atoms with Crippen LogP contribution in [0.3, 0.4) is 0 Å². The van der Waals surface area contributed by atoms with E-state index in [1.54, 1.807) is 12.1 Å². The second-order valence-corrected chi connectivity index (χ2v) is 5.30. The van der Waals surface area contributed by atoms with Crippen LogP contribution in [0.1, 0.15) is 39.7 Å². The van der Waals surface area contributed by atoms with Gasteiger partial charge in [0.25, 0.3) is 5.69 Å². The fourth-order valence-corrected chi connectivity index (χ4v) is 1.65. The van der Waals surface area contributed by atoms with Gasteiger partial charge in [0.05, 0.1) is 17.6 Å². The molecule has 0 radical (unpaired) electrons. The third-order valence-corrected chi connectivity index (χ3v) is 3.27. The predicted molar refractivity (Wildman–Crippen MR) is 81.0 cm³/mol. The van der Waals surface area contributed by atoms with E-state index in [1.165, 1.54) is 6.07 Å². The highest BCUT2D eigenvalue weighted by Crippen LogP contribution is 2.26. The van der Waals surface area contributed by atoms with Crippen molar-refractivity contribution in [3.63, 3.8) is 0 Å². The quantitative estimate of drug-likeness (QED) is 0.578. The van der Waals surface area contributed by atoms with Crippen LogP contribution in [0.2, 0.25) is 0 Å². The van der Waals surface area contributed by atoms with E-state index in [-0.39, 0.29) is 16.7 Å². The van der Waals surface area contributed by atoms with Gasteiger partial charge in [0, 0.05) is 12.6 Å². The molecule has 1 aromatic rings. The zero-order chi connectivity index (χ0) is 15.1. The van der Waals surface area contributed by atoms with E-state index in [1.807, 2.05) is 13.8 Å². The number of hydrogen-bond acceptors (Lipinski definition) is 4. The van der Waals surface area contributed by atoms with Crippen molar-refractivity contribution in [1.82, 2.24) is 0 Å². The lowest BCUT2D eigenvalue weighted by Crippen LogP contribution is -2.15. The summed E-state index contributed by atoms with van der Waals surface area (Å²) in [4.78, 5) is 10.6. The van der Waals surface area contributed by atoms with E-state index in [2.05, 4.69) is 19.2 Å². The minimum absolute atomic E-state index is 0.110. The Balaban J connectivity index is 2.80. The molecule has 1 aromatic carbocycles. The largest absolute Gasteiger partial charge is 0.379 e. The maximum atomic E-state index is 11.0. The number of nitro groups is 1. The molecule has 0 aliphatic rings. The summed E-state index contributed by atoms with van der Waals surface area (Å²) < 4.78 is 5.75. The third kappa shape index (κ3) is 4.81. The van der Waals surface area contributed by atoms with E-state index < -0.39 is 0 Å². The Labute approximate surface area is 120 Å². The van der Waals surface area contributed by atoms with Crippen molar-refractivity contribution >= 4 is 11.4 Å². The number of benzene rings is 1. The summed E-state index contributed by atoms with van der Waals surface area (Å²) in [6, 6.07) is 5.10. The number of rotatable bonds is 8. The van der Waals surface area contributed by atoms with E-state index in [9.17, 15) is 10.1 Å². The molecule has 0 aliphatic carbocycles. The third-order valence-electron chi connectivity index (χ3n) is 3.27. The van der Waals surface area contributed by atoms with Crippen LogP contribution in [0.15, 0.2) is 18.2 Å². The molecule has 20 heavy (non-hydrogen) atoms. The number of ether oxygens (including phenoxy) is 1. The highest BCUT2D eigenvalue weighted by molar-refractivity contribution is 5.62. The Hall–Kier alpha value is -1.62. The Kier molecular flexibility index (Phi) is 6.45. The first-order valence-electron chi connectivity index (χ1n) is 7.08. The van der Waals surface area contributed by atoms with Gasteiger partial charge in [-0.25, -0.2) is 0 Å². The Morgan fingerprint density at radius 1 is 1.35 bits per heavy atom. The molecule has 0 aliphatic heterocycles. The lowest BCUT2D eigenvalue weighted by Gasteiger charge is -2.17. The van der Waals surface area contributed by atoms with Crippen LogP contribution < -0.4 is 5.32 Å². The Morgan fingerprint density at radius 2 is 2.05 bits per heavy atom. The number of anilines is 1. The summed E-state index contributed by atoms with van der Waals surface area (Å²) in [6.07, 6.45) is 1.08. The second kappa shape index (κ2) is 7.85. The zero-order valence-electron chi connectivity index (χ0n) is 12.7. The molecule has 0 fully saturated rings. The molecule has 112 valence electrons. The first kappa shape index (κ1) is 16.4. The monoisotopic (exact) mass is 280 g/mol. The van der Waals surface area contributed by atoms with Crippen LogP contribution in [-0.4, -0.2) is 17.6 Å².